The van der Waals surface area contributed by atoms with Gasteiger partial charge in [-0.2, -0.15) is 0 Å². The van der Waals surface area contributed by atoms with Crippen LogP contribution in [0, 0.1) is 0 Å². The number of carbonyl (C=O) groups excluding carboxylic acids is 3. The van der Waals surface area contributed by atoms with Crippen LogP contribution in [0.3, 0.4) is 0 Å². The molecule has 1 fully saturated rings. The van der Waals surface area contributed by atoms with E-state index in [1.165, 1.54) is 22.8 Å². The Balaban J connectivity index is 1.34. The molecule has 0 saturated carbocycles. The SMILES string of the molecule is O=C(CNC(=O)c1ccco1)NCC(=O)N1CC[NH+](Cc2cccc(Cl)c2)CC1. The topological polar surface area (TPSA) is 96.1 Å². The molecule has 3 rings (SSSR count). The summed E-state index contributed by atoms with van der Waals surface area (Å²) in [6.07, 6.45) is 1.38. The van der Waals surface area contributed by atoms with Gasteiger partial charge in [0.25, 0.3) is 5.91 Å². The number of furan rings is 1. The number of hydrogen-bond acceptors (Lipinski definition) is 4. The average Bonchev–Trinajstić information content (AvgIpc) is 3.26. The van der Waals surface area contributed by atoms with Gasteiger partial charge in [-0.25, -0.2) is 0 Å². The molecule has 2 heterocycles. The number of nitrogens with zero attached hydrogens (tertiary/aromatic N) is 1. The predicted octanol–water partition coefficient (Wildman–Crippen LogP) is -0.294. The Labute approximate surface area is 173 Å². The molecule has 1 aromatic carbocycles. The van der Waals surface area contributed by atoms with Gasteiger partial charge < -0.3 is 24.9 Å². The van der Waals surface area contributed by atoms with Crippen molar-refractivity contribution in [2.75, 3.05) is 39.3 Å². The maximum Gasteiger partial charge on any atom is 0.287 e. The van der Waals surface area contributed by atoms with Gasteiger partial charge in [-0.1, -0.05) is 23.7 Å². The molecule has 9 heteroatoms. The number of amides is 3. The minimum absolute atomic E-state index is 0.0842. The monoisotopic (exact) mass is 419 g/mol. The van der Waals surface area contributed by atoms with Crippen LogP contribution in [0.4, 0.5) is 0 Å². The molecule has 0 aliphatic carbocycles. The number of benzene rings is 1. The van der Waals surface area contributed by atoms with Crippen LogP contribution < -0.4 is 15.5 Å². The molecule has 3 N–H and O–H groups in total. The summed E-state index contributed by atoms with van der Waals surface area (Å²) in [5.41, 5.74) is 1.18. The fraction of sp³-hybridized carbons (Fsp3) is 0.350. The Bertz CT molecular complexity index is 848. The van der Waals surface area contributed by atoms with Crippen molar-refractivity contribution in [3.63, 3.8) is 0 Å². The van der Waals surface area contributed by atoms with Gasteiger partial charge in [-0.3, -0.25) is 14.4 Å². The number of rotatable bonds is 7. The first-order valence-electron chi connectivity index (χ1n) is 9.45. The molecule has 8 nitrogen and oxygen atoms in total. The third kappa shape index (κ3) is 6.33. The first-order valence-corrected chi connectivity index (χ1v) is 9.83. The largest absolute Gasteiger partial charge is 0.459 e. The van der Waals surface area contributed by atoms with Crippen LogP contribution in [-0.4, -0.2) is 61.9 Å². The Morgan fingerprint density at radius 2 is 1.86 bits per heavy atom. The number of halogens is 1. The Morgan fingerprint density at radius 1 is 1.07 bits per heavy atom. The Morgan fingerprint density at radius 3 is 2.55 bits per heavy atom. The zero-order chi connectivity index (χ0) is 20.6. The zero-order valence-electron chi connectivity index (χ0n) is 15.9. The fourth-order valence-corrected chi connectivity index (χ4v) is 3.40. The lowest BCUT2D eigenvalue weighted by Crippen LogP contribution is -3.13. The molecule has 1 aliphatic heterocycles. The maximum absolute atomic E-state index is 12.3. The third-order valence-corrected chi connectivity index (χ3v) is 4.99. The smallest absolute Gasteiger partial charge is 0.287 e. The van der Waals surface area contributed by atoms with Gasteiger partial charge in [0, 0.05) is 10.6 Å². The molecule has 0 unspecified atom stereocenters. The van der Waals surface area contributed by atoms with Gasteiger partial charge in [0.15, 0.2) is 5.76 Å². The molecule has 3 amide bonds. The summed E-state index contributed by atoms with van der Waals surface area (Å²) in [6.45, 7) is 3.52. The first-order chi connectivity index (χ1) is 14.0. The van der Waals surface area contributed by atoms with Crippen molar-refractivity contribution in [3.05, 3.63) is 59.0 Å². The molecule has 2 aromatic rings. The highest BCUT2D eigenvalue weighted by molar-refractivity contribution is 6.30. The average molecular weight is 420 g/mol. The number of hydrogen-bond donors (Lipinski definition) is 3. The molecule has 1 aliphatic rings. The molecule has 29 heavy (non-hydrogen) atoms. The lowest BCUT2D eigenvalue weighted by Gasteiger charge is -2.32. The predicted molar refractivity (Wildman–Crippen MR) is 106 cm³/mol. The van der Waals surface area contributed by atoms with Crippen LogP contribution in [0.15, 0.2) is 47.1 Å². The molecule has 0 atom stereocenters. The second kappa shape index (κ2) is 10.1. The highest BCUT2D eigenvalue weighted by Gasteiger charge is 2.24. The van der Waals surface area contributed by atoms with Gasteiger partial charge >= 0.3 is 0 Å². The van der Waals surface area contributed by atoms with E-state index in [9.17, 15) is 14.4 Å². The lowest BCUT2D eigenvalue weighted by molar-refractivity contribution is -0.917. The van der Waals surface area contributed by atoms with E-state index in [0.717, 1.165) is 24.7 Å². The van der Waals surface area contributed by atoms with Crippen LogP contribution in [-0.2, 0) is 16.1 Å². The summed E-state index contributed by atoms with van der Waals surface area (Å²) in [5.74, 6) is -0.900. The van der Waals surface area contributed by atoms with Gasteiger partial charge in [0.1, 0.15) is 6.54 Å². The van der Waals surface area contributed by atoms with Gasteiger partial charge in [-0.15, -0.1) is 0 Å². The highest BCUT2D eigenvalue weighted by Crippen LogP contribution is 2.09. The van der Waals surface area contributed by atoms with Crippen molar-refractivity contribution in [3.8, 4) is 0 Å². The summed E-state index contributed by atoms with van der Waals surface area (Å²) in [5, 5.41) is 5.71. The number of quaternary nitrogens is 1. The lowest BCUT2D eigenvalue weighted by atomic mass is 10.2. The number of piperazine rings is 1. The van der Waals surface area contributed by atoms with Crippen molar-refractivity contribution in [2.24, 2.45) is 0 Å². The molecule has 1 saturated heterocycles. The van der Waals surface area contributed by atoms with Crippen LogP contribution in [0.25, 0.3) is 0 Å². The molecular formula is C20H24ClN4O4+. The van der Waals surface area contributed by atoms with E-state index in [2.05, 4.69) is 16.7 Å². The van der Waals surface area contributed by atoms with Crippen LogP contribution >= 0.6 is 11.6 Å². The van der Waals surface area contributed by atoms with E-state index in [4.69, 9.17) is 16.0 Å². The zero-order valence-corrected chi connectivity index (χ0v) is 16.7. The summed E-state index contributed by atoms with van der Waals surface area (Å²) in [4.78, 5) is 39.0. The Hall–Kier alpha value is -2.84. The first kappa shape index (κ1) is 20.9. The molecule has 1 aromatic heterocycles. The summed E-state index contributed by atoms with van der Waals surface area (Å²) < 4.78 is 4.94. The molecule has 154 valence electrons. The van der Waals surface area contributed by atoms with Gasteiger partial charge in [0.05, 0.1) is 45.5 Å². The van der Waals surface area contributed by atoms with Crippen LogP contribution in [0.2, 0.25) is 5.02 Å². The minimum Gasteiger partial charge on any atom is -0.459 e. The number of carbonyl (C=O) groups is 3. The van der Waals surface area contributed by atoms with E-state index in [0.29, 0.717) is 13.1 Å². The third-order valence-electron chi connectivity index (χ3n) is 4.76. The molecular weight excluding hydrogens is 396 g/mol. The van der Waals surface area contributed by atoms with E-state index < -0.39 is 11.8 Å². The van der Waals surface area contributed by atoms with E-state index in [-0.39, 0.29) is 24.8 Å². The standard InChI is InChI=1S/C20H23ClN4O4/c21-16-4-1-3-15(11-16)14-24-6-8-25(9-7-24)19(27)13-22-18(26)12-23-20(28)17-5-2-10-29-17/h1-5,10-11H,6-9,12-14H2,(H,22,26)(H,23,28)/p+1. The second-order valence-corrected chi connectivity index (χ2v) is 7.31. The van der Waals surface area contributed by atoms with Gasteiger partial charge in [-0.05, 0) is 24.3 Å². The summed E-state index contributed by atoms with van der Waals surface area (Å²) >= 11 is 6.03. The minimum atomic E-state index is -0.477. The molecule has 0 bridgehead atoms. The van der Waals surface area contributed by atoms with Crippen LogP contribution in [0.1, 0.15) is 16.1 Å². The van der Waals surface area contributed by atoms with Crippen LogP contribution in [0.5, 0.6) is 0 Å². The molecule has 0 spiro atoms. The number of nitrogens with one attached hydrogen (secondary N) is 3. The van der Waals surface area contributed by atoms with E-state index >= 15 is 0 Å². The van der Waals surface area contributed by atoms with Crippen molar-refractivity contribution in [1.82, 2.24) is 15.5 Å². The van der Waals surface area contributed by atoms with Crippen molar-refractivity contribution in [2.45, 2.75) is 6.54 Å². The second-order valence-electron chi connectivity index (χ2n) is 6.87. The quantitative estimate of drug-likeness (QED) is 0.574. The summed E-state index contributed by atoms with van der Waals surface area (Å²) in [7, 11) is 0. The van der Waals surface area contributed by atoms with Crippen molar-refractivity contribution in [1.29, 1.82) is 0 Å². The summed E-state index contributed by atoms with van der Waals surface area (Å²) in [6, 6.07) is 10.9. The van der Waals surface area contributed by atoms with E-state index in [1.54, 1.807) is 11.0 Å². The normalized spacial score (nSPS) is 14.4. The van der Waals surface area contributed by atoms with E-state index in [1.807, 2.05) is 18.2 Å². The van der Waals surface area contributed by atoms with Crippen molar-refractivity contribution < 1.29 is 23.7 Å². The maximum atomic E-state index is 12.3. The van der Waals surface area contributed by atoms with Gasteiger partial charge in [0.2, 0.25) is 11.8 Å². The fourth-order valence-electron chi connectivity index (χ4n) is 3.19. The highest BCUT2D eigenvalue weighted by atomic mass is 35.5. The Kier molecular flexibility index (Phi) is 7.26. The molecule has 0 radical (unpaired) electrons. The van der Waals surface area contributed by atoms with Crippen molar-refractivity contribution >= 4 is 29.3 Å².